The van der Waals surface area contributed by atoms with E-state index in [4.69, 9.17) is 9.47 Å². The van der Waals surface area contributed by atoms with Crippen molar-refractivity contribution in [2.75, 3.05) is 40.5 Å². The SMILES string of the molecule is COc1ccc(CN2CC3(CN(C(=O)Cc4ccncc4)C3)c3c([nH]c4cc(OC)ccc34)[C@@H]2CO)cc1. The molecule has 0 aliphatic carbocycles. The number of nitrogens with zero attached hydrogens (tertiary/aromatic N) is 3. The Balaban J connectivity index is 1.35. The van der Waals surface area contributed by atoms with E-state index in [0.29, 0.717) is 26.1 Å². The molecule has 2 aliphatic heterocycles. The lowest BCUT2D eigenvalue weighted by atomic mass is 9.68. The van der Waals surface area contributed by atoms with E-state index in [1.165, 1.54) is 5.56 Å². The third-order valence-corrected chi connectivity index (χ3v) is 8.01. The molecular formula is C30H32N4O4. The van der Waals surface area contributed by atoms with Crippen LogP contribution in [0.4, 0.5) is 0 Å². The van der Waals surface area contributed by atoms with Crippen LogP contribution in [-0.4, -0.2) is 71.2 Å². The molecule has 2 aliphatic rings. The second kappa shape index (κ2) is 9.78. The van der Waals surface area contributed by atoms with Crippen molar-refractivity contribution < 1.29 is 19.4 Å². The molecule has 0 saturated carbocycles. The van der Waals surface area contributed by atoms with Gasteiger partial charge in [0.2, 0.25) is 5.91 Å². The number of ether oxygens (including phenoxy) is 2. The van der Waals surface area contributed by atoms with Crippen LogP contribution in [0, 0.1) is 0 Å². The average Bonchev–Trinajstić information content (AvgIpc) is 3.31. The van der Waals surface area contributed by atoms with Gasteiger partial charge in [-0.05, 0) is 53.1 Å². The Labute approximate surface area is 221 Å². The van der Waals surface area contributed by atoms with Crippen LogP contribution in [0.3, 0.4) is 0 Å². The highest BCUT2D eigenvalue weighted by atomic mass is 16.5. The maximum absolute atomic E-state index is 13.2. The Bertz CT molecular complexity index is 1440. The molecule has 4 aromatic rings. The fraction of sp³-hybridized carbons (Fsp3) is 0.333. The van der Waals surface area contributed by atoms with Crippen molar-refractivity contribution in [3.05, 3.63) is 89.4 Å². The number of nitrogens with one attached hydrogen (secondary N) is 1. The zero-order valence-corrected chi connectivity index (χ0v) is 21.7. The summed E-state index contributed by atoms with van der Waals surface area (Å²) in [5, 5.41) is 11.7. The standard InChI is InChI=1S/C30H32N4O4/c1-37-22-5-3-21(4-6-22)15-33-17-30(18-34(19-30)27(36)13-20-9-11-31-12-10-20)28-24-8-7-23(38-2)14-25(24)32-29(28)26(33)16-35/h3-12,14,26,32,35H,13,15-19H2,1-2H3/t26-/m0/s1. The number of likely N-dealkylation sites (tertiary alicyclic amines) is 1. The third kappa shape index (κ3) is 4.19. The molecule has 196 valence electrons. The van der Waals surface area contributed by atoms with Gasteiger partial charge in [-0.15, -0.1) is 0 Å². The smallest absolute Gasteiger partial charge is 0.227 e. The number of pyridine rings is 1. The Morgan fingerprint density at radius 1 is 1.00 bits per heavy atom. The van der Waals surface area contributed by atoms with Crippen molar-refractivity contribution in [2.45, 2.75) is 24.4 Å². The largest absolute Gasteiger partial charge is 0.497 e. The van der Waals surface area contributed by atoms with Gasteiger partial charge in [0.1, 0.15) is 11.5 Å². The summed E-state index contributed by atoms with van der Waals surface area (Å²) in [4.78, 5) is 25.2. The van der Waals surface area contributed by atoms with E-state index in [1.807, 2.05) is 41.3 Å². The van der Waals surface area contributed by atoms with Gasteiger partial charge in [0.25, 0.3) is 0 Å². The molecule has 1 atom stereocenters. The monoisotopic (exact) mass is 512 g/mol. The van der Waals surface area contributed by atoms with Crippen LogP contribution >= 0.6 is 0 Å². The average molecular weight is 513 g/mol. The minimum atomic E-state index is -0.228. The van der Waals surface area contributed by atoms with Gasteiger partial charge in [-0.2, -0.15) is 0 Å². The van der Waals surface area contributed by atoms with Crippen molar-refractivity contribution >= 4 is 16.8 Å². The number of benzene rings is 2. The second-order valence-corrected chi connectivity index (χ2v) is 10.3. The first-order valence-corrected chi connectivity index (χ1v) is 12.9. The quantitative estimate of drug-likeness (QED) is 0.394. The first kappa shape index (κ1) is 24.5. The van der Waals surface area contributed by atoms with E-state index in [0.717, 1.165) is 45.8 Å². The summed E-state index contributed by atoms with van der Waals surface area (Å²) in [6.07, 6.45) is 3.81. The molecule has 4 heterocycles. The topological polar surface area (TPSA) is 90.9 Å². The molecule has 0 radical (unpaired) electrons. The Hall–Kier alpha value is -3.88. The number of H-pyrrole nitrogens is 1. The van der Waals surface area contributed by atoms with Crippen molar-refractivity contribution in [2.24, 2.45) is 0 Å². The molecule has 8 heteroatoms. The number of fused-ring (bicyclic) bond motifs is 4. The molecule has 0 unspecified atom stereocenters. The number of carbonyl (C=O) groups excluding carboxylic acids is 1. The van der Waals surface area contributed by atoms with Crippen LogP contribution in [0.1, 0.15) is 28.4 Å². The molecule has 1 amide bonds. The van der Waals surface area contributed by atoms with E-state index >= 15 is 0 Å². The van der Waals surface area contributed by atoms with Crippen LogP contribution in [-0.2, 0) is 23.2 Å². The van der Waals surface area contributed by atoms with Crippen LogP contribution < -0.4 is 9.47 Å². The number of hydrogen-bond acceptors (Lipinski definition) is 6. The lowest BCUT2D eigenvalue weighted by Gasteiger charge is -2.56. The summed E-state index contributed by atoms with van der Waals surface area (Å²) >= 11 is 0. The highest BCUT2D eigenvalue weighted by Crippen LogP contribution is 2.49. The van der Waals surface area contributed by atoms with Gasteiger partial charge >= 0.3 is 0 Å². The zero-order valence-electron chi connectivity index (χ0n) is 21.7. The maximum atomic E-state index is 13.2. The third-order valence-electron chi connectivity index (χ3n) is 8.01. The van der Waals surface area contributed by atoms with E-state index in [9.17, 15) is 9.90 Å². The molecule has 1 spiro atoms. The summed E-state index contributed by atoms with van der Waals surface area (Å²) in [5.74, 6) is 1.72. The van der Waals surface area contributed by atoms with Crippen LogP contribution in [0.5, 0.6) is 11.5 Å². The molecule has 6 rings (SSSR count). The second-order valence-electron chi connectivity index (χ2n) is 10.3. The van der Waals surface area contributed by atoms with Crippen molar-refractivity contribution in [3.63, 3.8) is 0 Å². The summed E-state index contributed by atoms with van der Waals surface area (Å²) in [7, 11) is 3.33. The number of hydrogen-bond donors (Lipinski definition) is 2. The number of aliphatic hydroxyl groups excluding tert-OH is 1. The minimum Gasteiger partial charge on any atom is -0.497 e. The van der Waals surface area contributed by atoms with Crippen LogP contribution in [0.25, 0.3) is 10.9 Å². The Morgan fingerprint density at radius 3 is 2.39 bits per heavy atom. The predicted octanol–water partition coefficient (Wildman–Crippen LogP) is 3.45. The molecule has 38 heavy (non-hydrogen) atoms. The molecule has 1 fully saturated rings. The number of methoxy groups -OCH3 is 2. The molecule has 2 aromatic carbocycles. The number of rotatable bonds is 7. The molecule has 2 aromatic heterocycles. The van der Waals surface area contributed by atoms with E-state index in [1.54, 1.807) is 26.6 Å². The predicted molar refractivity (Wildman–Crippen MR) is 144 cm³/mol. The maximum Gasteiger partial charge on any atom is 0.227 e. The van der Waals surface area contributed by atoms with Gasteiger partial charge in [-0.3, -0.25) is 14.7 Å². The Kier molecular flexibility index (Phi) is 6.29. The molecule has 8 nitrogen and oxygen atoms in total. The van der Waals surface area contributed by atoms with Gasteiger partial charge in [-0.25, -0.2) is 0 Å². The number of aromatic nitrogens is 2. The lowest BCUT2D eigenvalue weighted by Crippen LogP contribution is -2.67. The number of amides is 1. The molecule has 0 bridgehead atoms. The summed E-state index contributed by atoms with van der Waals surface area (Å²) in [6.45, 7) is 2.70. The minimum absolute atomic E-state index is 0.00607. The van der Waals surface area contributed by atoms with Crippen molar-refractivity contribution in [1.29, 1.82) is 0 Å². The summed E-state index contributed by atoms with van der Waals surface area (Å²) in [5.41, 5.74) is 5.11. The van der Waals surface area contributed by atoms with Gasteiger partial charge in [0.15, 0.2) is 0 Å². The number of aliphatic hydroxyl groups is 1. The first-order valence-electron chi connectivity index (χ1n) is 12.9. The first-order chi connectivity index (χ1) is 18.5. The lowest BCUT2D eigenvalue weighted by molar-refractivity contribution is -0.140. The molecule has 2 N–H and O–H groups in total. The molecule has 1 saturated heterocycles. The number of carbonyl (C=O) groups is 1. The van der Waals surface area contributed by atoms with Gasteiger partial charge < -0.3 is 24.5 Å². The van der Waals surface area contributed by atoms with Crippen LogP contribution in [0.2, 0.25) is 0 Å². The van der Waals surface area contributed by atoms with Gasteiger partial charge in [0, 0.05) is 66.7 Å². The summed E-state index contributed by atoms with van der Waals surface area (Å²) < 4.78 is 10.8. The van der Waals surface area contributed by atoms with Crippen molar-refractivity contribution in [3.8, 4) is 11.5 Å². The fourth-order valence-corrected chi connectivity index (χ4v) is 6.15. The fourth-order valence-electron chi connectivity index (χ4n) is 6.15. The highest BCUT2D eigenvalue weighted by molar-refractivity contribution is 5.89. The van der Waals surface area contributed by atoms with Gasteiger partial charge in [0.05, 0.1) is 33.3 Å². The Morgan fingerprint density at radius 2 is 1.71 bits per heavy atom. The summed E-state index contributed by atoms with van der Waals surface area (Å²) in [6, 6.07) is 17.7. The number of aromatic amines is 1. The van der Waals surface area contributed by atoms with Crippen molar-refractivity contribution in [1.82, 2.24) is 19.8 Å². The molecular weight excluding hydrogens is 480 g/mol. The van der Waals surface area contributed by atoms with E-state index in [-0.39, 0.29) is 24.0 Å². The van der Waals surface area contributed by atoms with E-state index < -0.39 is 0 Å². The normalized spacial score (nSPS) is 18.3. The van der Waals surface area contributed by atoms with Crippen LogP contribution in [0.15, 0.2) is 67.0 Å². The zero-order chi connectivity index (χ0) is 26.3. The highest BCUT2D eigenvalue weighted by Gasteiger charge is 2.53. The van der Waals surface area contributed by atoms with Gasteiger partial charge in [-0.1, -0.05) is 12.1 Å². The van der Waals surface area contributed by atoms with E-state index in [2.05, 4.69) is 33.1 Å².